The molecule has 0 bridgehead atoms. The van der Waals surface area contributed by atoms with Crippen molar-refractivity contribution in [2.75, 3.05) is 0 Å². The molecule has 1 heteroatoms. The van der Waals surface area contributed by atoms with Gasteiger partial charge in [-0.05, 0) is 34.4 Å². The summed E-state index contributed by atoms with van der Waals surface area (Å²) in [5.41, 5.74) is 2.47. The number of rotatable bonds is 2. The SMILES string of the molecule is Clc1ccccc1Cc1ccc2ccccc2c1. The maximum Gasteiger partial charge on any atom is 0.0441 e. The Labute approximate surface area is 112 Å². The van der Waals surface area contributed by atoms with Crippen LogP contribution >= 0.6 is 11.6 Å². The first kappa shape index (κ1) is 11.3. The summed E-state index contributed by atoms with van der Waals surface area (Å²) in [7, 11) is 0. The normalized spacial score (nSPS) is 10.7. The highest BCUT2D eigenvalue weighted by molar-refractivity contribution is 6.31. The quantitative estimate of drug-likeness (QED) is 0.596. The van der Waals surface area contributed by atoms with E-state index in [1.807, 2.05) is 18.2 Å². The van der Waals surface area contributed by atoms with Gasteiger partial charge >= 0.3 is 0 Å². The summed E-state index contributed by atoms with van der Waals surface area (Å²) >= 11 is 6.19. The summed E-state index contributed by atoms with van der Waals surface area (Å²) in [6, 6.07) is 23.0. The molecule has 0 atom stereocenters. The van der Waals surface area contributed by atoms with E-state index in [4.69, 9.17) is 11.6 Å². The number of hydrogen-bond donors (Lipinski definition) is 0. The minimum Gasteiger partial charge on any atom is -0.0840 e. The Balaban J connectivity index is 1.98. The molecule has 18 heavy (non-hydrogen) atoms. The van der Waals surface area contributed by atoms with E-state index < -0.39 is 0 Å². The average molecular weight is 253 g/mol. The lowest BCUT2D eigenvalue weighted by Gasteiger charge is -2.06. The van der Waals surface area contributed by atoms with E-state index >= 15 is 0 Å². The molecule has 0 N–H and O–H groups in total. The van der Waals surface area contributed by atoms with Crippen molar-refractivity contribution in [3.8, 4) is 0 Å². The van der Waals surface area contributed by atoms with E-state index in [2.05, 4.69) is 48.5 Å². The maximum absolute atomic E-state index is 6.19. The molecule has 0 aromatic heterocycles. The molecule has 0 aliphatic carbocycles. The fourth-order valence-corrected chi connectivity index (χ4v) is 2.41. The van der Waals surface area contributed by atoms with Crippen molar-refractivity contribution in [1.82, 2.24) is 0 Å². The van der Waals surface area contributed by atoms with E-state index in [1.54, 1.807) is 0 Å². The van der Waals surface area contributed by atoms with Crippen molar-refractivity contribution in [3.05, 3.63) is 82.9 Å². The number of hydrogen-bond acceptors (Lipinski definition) is 0. The first-order valence-corrected chi connectivity index (χ1v) is 6.42. The molecule has 0 saturated carbocycles. The molecule has 3 rings (SSSR count). The van der Waals surface area contributed by atoms with Gasteiger partial charge in [0.15, 0.2) is 0 Å². The molecule has 0 fully saturated rings. The van der Waals surface area contributed by atoms with Crippen LogP contribution in [0.4, 0.5) is 0 Å². The molecule has 0 radical (unpaired) electrons. The molecule has 3 aromatic carbocycles. The van der Waals surface area contributed by atoms with Crippen LogP contribution in [0.5, 0.6) is 0 Å². The molecule has 0 aliphatic heterocycles. The van der Waals surface area contributed by atoms with Gasteiger partial charge in [0.1, 0.15) is 0 Å². The van der Waals surface area contributed by atoms with Crippen molar-refractivity contribution in [3.63, 3.8) is 0 Å². The molecule has 0 spiro atoms. The first-order chi connectivity index (χ1) is 8.83. The van der Waals surface area contributed by atoms with Crippen LogP contribution in [0.2, 0.25) is 5.02 Å². The van der Waals surface area contributed by atoms with Crippen molar-refractivity contribution in [1.29, 1.82) is 0 Å². The summed E-state index contributed by atoms with van der Waals surface area (Å²) in [6.07, 6.45) is 0.879. The Morgan fingerprint density at radius 2 is 1.44 bits per heavy atom. The molecule has 0 nitrogen and oxygen atoms in total. The van der Waals surface area contributed by atoms with Gasteiger partial charge in [0.2, 0.25) is 0 Å². The summed E-state index contributed by atoms with van der Waals surface area (Å²) in [6.45, 7) is 0. The summed E-state index contributed by atoms with van der Waals surface area (Å²) < 4.78 is 0. The van der Waals surface area contributed by atoms with Crippen LogP contribution in [0, 0.1) is 0 Å². The predicted octanol–water partition coefficient (Wildman–Crippen LogP) is 5.08. The number of benzene rings is 3. The fourth-order valence-electron chi connectivity index (χ4n) is 2.21. The summed E-state index contributed by atoms with van der Waals surface area (Å²) in [4.78, 5) is 0. The molecule has 0 saturated heterocycles. The maximum atomic E-state index is 6.19. The summed E-state index contributed by atoms with van der Waals surface area (Å²) in [5.74, 6) is 0. The van der Waals surface area contributed by atoms with Gasteiger partial charge in [-0.25, -0.2) is 0 Å². The lowest BCUT2D eigenvalue weighted by Crippen LogP contribution is -1.89. The Morgan fingerprint density at radius 3 is 2.28 bits per heavy atom. The van der Waals surface area contributed by atoms with Crippen LogP contribution in [-0.2, 0) is 6.42 Å². The van der Waals surface area contributed by atoms with Gasteiger partial charge in [-0.3, -0.25) is 0 Å². The predicted molar refractivity (Wildman–Crippen MR) is 78.2 cm³/mol. The molecule has 0 heterocycles. The Bertz CT molecular complexity index is 686. The highest BCUT2D eigenvalue weighted by Crippen LogP contribution is 2.21. The molecular weight excluding hydrogens is 240 g/mol. The minimum atomic E-state index is 0.839. The van der Waals surface area contributed by atoms with Gasteiger partial charge in [-0.15, -0.1) is 0 Å². The molecular formula is C17H13Cl. The smallest absolute Gasteiger partial charge is 0.0441 e. The molecule has 0 aliphatic rings. The molecule has 0 unspecified atom stereocenters. The second-order valence-corrected chi connectivity index (χ2v) is 4.86. The fraction of sp³-hybridized carbons (Fsp3) is 0.0588. The third-order valence-electron chi connectivity index (χ3n) is 3.17. The Morgan fingerprint density at radius 1 is 0.722 bits per heavy atom. The van der Waals surface area contributed by atoms with E-state index in [-0.39, 0.29) is 0 Å². The van der Waals surface area contributed by atoms with E-state index in [9.17, 15) is 0 Å². The van der Waals surface area contributed by atoms with Crippen molar-refractivity contribution in [2.45, 2.75) is 6.42 Å². The van der Waals surface area contributed by atoms with Crippen LogP contribution in [0.3, 0.4) is 0 Å². The highest BCUT2D eigenvalue weighted by Gasteiger charge is 2.01. The lowest BCUT2D eigenvalue weighted by atomic mass is 10.0. The van der Waals surface area contributed by atoms with Gasteiger partial charge in [-0.2, -0.15) is 0 Å². The van der Waals surface area contributed by atoms with Gasteiger partial charge in [0.05, 0.1) is 0 Å². The zero-order valence-corrected chi connectivity index (χ0v) is 10.7. The van der Waals surface area contributed by atoms with Crippen LogP contribution < -0.4 is 0 Å². The molecule has 88 valence electrons. The van der Waals surface area contributed by atoms with Crippen LogP contribution in [0.15, 0.2) is 66.7 Å². The van der Waals surface area contributed by atoms with Crippen molar-refractivity contribution >= 4 is 22.4 Å². The Kier molecular flexibility index (Phi) is 3.04. The first-order valence-electron chi connectivity index (χ1n) is 6.04. The number of halogens is 1. The van der Waals surface area contributed by atoms with Crippen molar-refractivity contribution < 1.29 is 0 Å². The summed E-state index contributed by atoms with van der Waals surface area (Å²) in [5, 5.41) is 3.40. The second kappa shape index (κ2) is 4.83. The van der Waals surface area contributed by atoms with Crippen LogP contribution in [0.1, 0.15) is 11.1 Å². The van der Waals surface area contributed by atoms with E-state index in [0.717, 1.165) is 11.4 Å². The highest BCUT2D eigenvalue weighted by atomic mass is 35.5. The topological polar surface area (TPSA) is 0 Å². The monoisotopic (exact) mass is 252 g/mol. The van der Waals surface area contributed by atoms with E-state index in [1.165, 1.54) is 21.9 Å². The molecule has 0 amide bonds. The largest absolute Gasteiger partial charge is 0.0840 e. The van der Waals surface area contributed by atoms with Gasteiger partial charge in [0, 0.05) is 5.02 Å². The zero-order chi connectivity index (χ0) is 12.4. The average Bonchev–Trinajstić information content (AvgIpc) is 2.41. The van der Waals surface area contributed by atoms with Gasteiger partial charge in [-0.1, -0.05) is 72.3 Å². The van der Waals surface area contributed by atoms with E-state index in [0.29, 0.717) is 0 Å². The van der Waals surface area contributed by atoms with Crippen LogP contribution in [-0.4, -0.2) is 0 Å². The second-order valence-electron chi connectivity index (χ2n) is 4.45. The van der Waals surface area contributed by atoms with Crippen molar-refractivity contribution in [2.24, 2.45) is 0 Å². The number of fused-ring (bicyclic) bond motifs is 1. The van der Waals surface area contributed by atoms with Crippen LogP contribution in [0.25, 0.3) is 10.8 Å². The third-order valence-corrected chi connectivity index (χ3v) is 3.54. The standard InChI is InChI=1S/C17H13Cl/c18-17-8-4-3-7-16(17)12-13-9-10-14-5-1-2-6-15(14)11-13/h1-11H,12H2. The third kappa shape index (κ3) is 2.25. The van der Waals surface area contributed by atoms with Gasteiger partial charge < -0.3 is 0 Å². The molecule has 3 aromatic rings. The zero-order valence-electron chi connectivity index (χ0n) is 9.94. The van der Waals surface area contributed by atoms with Gasteiger partial charge in [0.25, 0.3) is 0 Å². The lowest BCUT2D eigenvalue weighted by molar-refractivity contribution is 1.20. The Hall–Kier alpha value is -1.79. The minimum absolute atomic E-state index is 0.839.